The van der Waals surface area contributed by atoms with Crippen LogP contribution in [0, 0.1) is 13.8 Å². The lowest BCUT2D eigenvalue weighted by atomic mass is 10.1. The van der Waals surface area contributed by atoms with Gasteiger partial charge in [0.1, 0.15) is 5.76 Å². The molecule has 102 valence electrons. The number of H-pyrrole nitrogens is 1. The minimum Gasteiger partial charge on any atom is -0.361 e. The molecule has 0 bridgehead atoms. The molecule has 2 N–H and O–H groups in total. The van der Waals surface area contributed by atoms with E-state index in [0.29, 0.717) is 12.1 Å². The number of carbonyl (C=O) groups is 1. The number of carbonyl (C=O) groups excluding carboxylic acids is 1. The summed E-state index contributed by atoms with van der Waals surface area (Å²) in [7, 11) is 0. The molecule has 0 saturated carbocycles. The fourth-order valence-electron chi connectivity index (χ4n) is 2.30. The summed E-state index contributed by atoms with van der Waals surface area (Å²) in [5, 5.41) is 7.71. The number of amides is 1. The second kappa shape index (κ2) is 4.85. The van der Waals surface area contributed by atoms with Gasteiger partial charge >= 0.3 is 0 Å². The molecule has 0 atom stereocenters. The molecular formula is C15H15N3O2. The Labute approximate surface area is 116 Å². The van der Waals surface area contributed by atoms with Crippen LogP contribution in [0.25, 0.3) is 10.9 Å². The minimum atomic E-state index is -0.102. The molecule has 1 amide bonds. The maximum atomic E-state index is 12.3. The number of nitrogens with zero attached hydrogens (tertiary/aromatic N) is 1. The SMILES string of the molecule is Cc1noc(C)c1CNC(=O)c1cccc2[nH]ccc12. The standard InChI is InChI=1S/C15H15N3O2/c1-9-13(10(2)20-18-9)8-17-15(19)12-4-3-5-14-11(12)6-7-16-14/h3-7,16H,8H2,1-2H3,(H,17,19). The smallest absolute Gasteiger partial charge is 0.252 e. The molecule has 5 nitrogen and oxygen atoms in total. The molecule has 0 spiro atoms. The summed E-state index contributed by atoms with van der Waals surface area (Å²) in [4.78, 5) is 15.4. The van der Waals surface area contributed by atoms with Gasteiger partial charge in [-0.05, 0) is 32.0 Å². The lowest BCUT2D eigenvalue weighted by molar-refractivity contribution is 0.0952. The van der Waals surface area contributed by atoms with Crippen molar-refractivity contribution in [3.63, 3.8) is 0 Å². The third kappa shape index (κ3) is 2.07. The molecule has 0 aliphatic heterocycles. The van der Waals surface area contributed by atoms with Crippen LogP contribution < -0.4 is 5.32 Å². The first-order valence-corrected chi connectivity index (χ1v) is 6.43. The number of aromatic nitrogens is 2. The fraction of sp³-hybridized carbons (Fsp3) is 0.200. The highest BCUT2D eigenvalue weighted by Crippen LogP contribution is 2.18. The summed E-state index contributed by atoms with van der Waals surface area (Å²) in [6.45, 7) is 4.13. The van der Waals surface area contributed by atoms with E-state index >= 15 is 0 Å². The zero-order valence-electron chi connectivity index (χ0n) is 11.4. The molecule has 20 heavy (non-hydrogen) atoms. The van der Waals surface area contributed by atoms with Crippen LogP contribution in [0.2, 0.25) is 0 Å². The maximum Gasteiger partial charge on any atom is 0.252 e. The molecule has 0 unspecified atom stereocenters. The van der Waals surface area contributed by atoms with Gasteiger partial charge in [-0.3, -0.25) is 4.79 Å². The molecular weight excluding hydrogens is 254 g/mol. The molecule has 0 radical (unpaired) electrons. The zero-order valence-corrected chi connectivity index (χ0v) is 11.4. The van der Waals surface area contributed by atoms with Crippen LogP contribution in [0.4, 0.5) is 0 Å². The molecule has 0 fully saturated rings. The highest BCUT2D eigenvalue weighted by Gasteiger charge is 2.13. The van der Waals surface area contributed by atoms with Crippen molar-refractivity contribution in [1.82, 2.24) is 15.5 Å². The molecule has 3 aromatic rings. The van der Waals surface area contributed by atoms with Gasteiger partial charge in [-0.15, -0.1) is 0 Å². The Balaban J connectivity index is 1.82. The van der Waals surface area contributed by atoms with Crippen molar-refractivity contribution in [3.8, 4) is 0 Å². The van der Waals surface area contributed by atoms with E-state index in [-0.39, 0.29) is 5.91 Å². The molecule has 5 heteroatoms. The Kier molecular flexibility index (Phi) is 3.02. The van der Waals surface area contributed by atoms with Gasteiger partial charge in [0.05, 0.1) is 5.69 Å². The number of hydrogen-bond donors (Lipinski definition) is 2. The van der Waals surface area contributed by atoms with E-state index in [4.69, 9.17) is 4.52 Å². The van der Waals surface area contributed by atoms with Crippen molar-refractivity contribution < 1.29 is 9.32 Å². The first-order chi connectivity index (χ1) is 9.66. The first-order valence-electron chi connectivity index (χ1n) is 6.43. The fourth-order valence-corrected chi connectivity index (χ4v) is 2.30. The number of nitrogens with one attached hydrogen (secondary N) is 2. The summed E-state index contributed by atoms with van der Waals surface area (Å²) in [5.41, 5.74) is 3.35. The monoisotopic (exact) mass is 269 g/mol. The van der Waals surface area contributed by atoms with E-state index in [1.54, 1.807) is 0 Å². The van der Waals surface area contributed by atoms with E-state index in [0.717, 1.165) is 27.9 Å². The predicted molar refractivity (Wildman–Crippen MR) is 75.4 cm³/mol. The van der Waals surface area contributed by atoms with Gasteiger partial charge < -0.3 is 14.8 Å². The highest BCUT2D eigenvalue weighted by molar-refractivity contribution is 6.06. The van der Waals surface area contributed by atoms with Crippen LogP contribution in [0.1, 0.15) is 27.4 Å². The van der Waals surface area contributed by atoms with Gasteiger partial charge in [0.2, 0.25) is 0 Å². The maximum absolute atomic E-state index is 12.3. The Hall–Kier alpha value is -2.56. The Morgan fingerprint density at radius 3 is 2.95 bits per heavy atom. The zero-order chi connectivity index (χ0) is 14.1. The number of fused-ring (bicyclic) bond motifs is 1. The van der Waals surface area contributed by atoms with Crippen LogP contribution in [0.5, 0.6) is 0 Å². The molecule has 1 aromatic carbocycles. The normalized spacial score (nSPS) is 10.9. The molecule has 0 aliphatic rings. The number of aromatic amines is 1. The van der Waals surface area contributed by atoms with E-state index < -0.39 is 0 Å². The van der Waals surface area contributed by atoms with Crippen molar-refractivity contribution in [3.05, 3.63) is 53.0 Å². The van der Waals surface area contributed by atoms with Crippen molar-refractivity contribution in [2.24, 2.45) is 0 Å². The average Bonchev–Trinajstić information content (AvgIpc) is 3.03. The van der Waals surface area contributed by atoms with Gasteiger partial charge in [-0.2, -0.15) is 0 Å². The van der Waals surface area contributed by atoms with Gasteiger partial charge in [-0.1, -0.05) is 11.2 Å². The summed E-state index contributed by atoms with van der Waals surface area (Å²) in [5.74, 6) is 0.637. The number of hydrogen-bond acceptors (Lipinski definition) is 3. The van der Waals surface area contributed by atoms with E-state index in [2.05, 4.69) is 15.5 Å². The first kappa shape index (κ1) is 12.5. The molecule has 0 aliphatic carbocycles. The lowest BCUT2D eigenvalue weighted by Crippen LogP contribution is -2.23. The lowest BCUT2D eigenvalue weighted by Gasteiger charge is -2.06. The third-order valence-corrected chi connectivity index (χ3v) is 3.45. The Morgan fingerprint density at radius 2 is 2.20 bits per heavy atom. The molecule has 0 saturated heterocycles. The molecule has 2 aromatic heterocycles. The van der Waals surface area contributed by atoms with Crippen LogP contribution >= 0.6 is 0 Å². The van der Waals surface area contributed by atoms with E-state index in [9.17, 15) is 4.79 Å². The number of rotatable bonds is 3. The van der Waals surface area contributed by atoms with Crippen LogP contribution in [-0.2, 0) is 6.54 Å². The second-order valence-electron chi connectivity index (χ2n) is 4.73. The van der Waals surface area contributed by atoms with Crippen LogP contribution in [0.3, 0.4) is 0 Å². The molecule has 2 heterocycles. The largest absolute Gasteiger partial charge is 0.361 e. The van der Waals surface area contributed by atoms with E-state index in [1.807, 2.05) is 44.3 Å². The highest BCUT2D eigenvalue weighted by atomic mass is 16.5. The van der Waals surface area contributed by atoms with Gasteiger partial charge in [0, 0.05) is 34.8 Å². The number of aryl methyl sites for hydroxylation is 2. The van der Waals surface area contributed by atoms with E-state index in [1.165, 1.54) is 0 Å². The van der Waals surface area contributed by atoms with Crippen molar-refractivity contribution in [2.45, 2.75) is 20.4 Å². The van der Waals surface area contributed by atoms with Crippen molar-refractivity contribution in [1.29, 1.82) is 0 Å². The Bertz CT molecular complexity index is 751. The topological polar surface area (TPSA) is 70.9 Å². The Morgan fingerprint density at radius 1 is 1.35 bits per heavy atom. The predicted octanol–water partition coefficient (Wildman–Crippen LogP) is 2.70. The minimum absolute atomic E-state index is 0.102. The van der Waals surface area contributed by atoms with Gasteiger partial charge in [-0.25, -0.2) is 0 Å². The van der Waals surface area contributed by atoms with Crippen molar-refractivity contribution >= 4 is 16.8 Å². The van der Waals surface area contributed by atoms with Gasteiger partial charge in [0.15, 0.2) is 0 Å². The third-order valence-electron chi connectivity index (χ3n) is 3.45. The van der Waals surface area contributed by atoms with Gasteiger partial charge in [0.25, 0.3) is 5.91 Å². The van der Waals surface area contributed by atoms with Crippen molar-refractivity contribution in [2.75, 3.05) is 0 Å². The summed E-state index contributed by atoms with van der Waals surface area (Å²) < 4.78 is 5.08. The second-order valence-corrected chi connectivity index (χ2v) is 4.73. The quantitative estimate of drug-likeness (QED) is 0.768. The number of benzene rings is 1. The van der Waals surface area contributed by atoms with Crippen LogP contribution in [0.15, 0.2) is 35.0 Å². The van der Waals surface area contributed by atoms with Crippen LogP contribution in [-0.4, -0.2) is 16.0 Å². The average molecular weight is 269 g/mol. The summed E-state index contributed by atoms with van der Waals surface area (Å²) in [6.07, 6.45) is 1.83. The molecule has 3 rings (SSSR count). The summed E-state index contributed by atoms with van der Waals surface area (Å²) >= 11 is 0. The summed E-state index contributed by atoms with van der Waals surface area (Å²) in [6, 6.07) is 7.53.